The predicted molar refractivity (Wildman–Crippen MR) is 71.1 cm³/mol. The summed E-state index contributed by atoms with van der Waals surface area (Å²) < 4.78 is 11.3. The Morgan fingerprint density at radius 1 is 1.33 bits per heavy atom. The lowest BCUT2D eigenvalue weighted by Gasteiger charge is -2.36. The Balaban J connectivity index is 5.29. The minimum Gasteiger partial charge on any atom is -0.485 e. The maximum absolute atomic E-state index is 11.5. The van der Waals surface area contributed by atoms with E-state index in [1.54, 1.807) is 6.92 Å². The maximum atomic E-state index is 11.5. The Morgan fingerprint density at radius 3 is 2.17 bits per heavy atom. The molecule has 0 aliphatic carbocycles. The highest BCUT2D eigenvalue weighted by atomic mass is 28.4. The van der Waals surface area contributed by atoms with Crippen LogP contribution in [0.3, 0.4) is 0 Å². The van der Waals surface area contributed by atoms with E-state index in [-0.39, 0.29) is 11.1 Å². The highest BCUT2D eigenvalue weighted by Crippen LogP contribution is 2.35. The molecule has 0 aromatic carbocycles. The summed E-state index contributed by atoms with van der Waals surface area (Å²) in [4.78, 5) is 14.2. The zero-order valence-electron chi connectivity index (χ0n) is 11.5. The molecule has 0 aromatic heterocycles. The van der Waals surface area contributed by atoms with E-state index < -0.39 is 20.6 Å². The molecule has 0 fully saturated rings. The first kappa shape index (κ1) is 16.6. The van der Waals surface area contributed by atoms with Gasteiger partial charge in [0.05, 0.1) is 0 Å². The fourth-order valence-electron chi connectivity index (χ4n) is 1.74. The average molecular weight is 268 g/mol. The number of hydrogen-bond donors (Lipinski definition) is 0. The van der Waals surface area contributed by atoms with Crippen molar-refractivity contribution in [2.75, 3.05) is 0 Å². The van der Waals surface area contributed by atoms with Gasteiger partial charge in [0.2, 0.25) is 0 Å². The Hall–Kier alpha value is -1.41. The summed E-state index contributed by atoms with van der Waals surface area (Å²) in [6.45, 7) is 9.45. The van der Waals surface area contributed by atoms with E-state index in [1.807, 2.05) is 27.7 Å². The van der Waals surface area contributed by atoms with Gasteiger partial charge in [0, 0.05) is 11.1 Å². The van der Waals surface area contributed by atoms with E-state index in [0.717, 1.165) is 6.21 Å². The number of terminal acetylenes is 1. The van der Waals surface area contributed by atoms with Gasteiger partial charge < -0.3 is 14.4 Å². The topological polar surface area (TPSA) is 71.9 Å². The summed E-state index contributed by atoms with van der Waals surface area (Å²) in [6.07, 6.45) is 5.60. The van der Waals surface area contributed by atoms with Crippen molar-refractivity contribution in [2.24, 2.45) is 0 Å². The zero-order valence-corrected chi connectivity index (χ0v) is 12.5. The summed E-state index contributed by atoms with van der Waals surface area (Å²) >= 11 is 0. The van der Waals surface area contributed by atoms with Gasteiger partial charge in [-0.15, -0.1) is 6.42 Å². The SMILES string of the molecule is C#CC(C)O[Si](OC(=O)C=[N+]=[N-])(C(C)C)C(C)C. The van der Waals surface area contributed by atoms with Gasteiger partial charge >= 0.3 is 20.7 Å². The minimum absolute atomic E-state index is 0.0318. The molecule has 0 aliphatic heterocycles. The third-order valence-electron chi connectivity index (χ3n) is 2.63. The molecule has 0 aliphatic rings. The Labute approximate surface area is 109 Å². The summed E-state index contributed by atoms with van der Waals surface area (Å²) in [6, 6.07) is 0. The number of carbonyl (C=O) groups excluding carboxylic acids is 1. The van der Waals surface area contributed by atoms with Crippen molar-refractivity contribution in [3.63, 3.8) is 0 Å². The van der Waals surface area contributed by atoms with Gasteiger partial charge in [-0.2, -0.15) is 4.79 Å². The van der Waals surface area contributed by atoms with Gasteiger partial charge in [-0.1, -0.05) is 33.6 Å². The van der Waals surface area contributed by atoms with Crippen molar-refractivity contribution in [3.8, 4) is 12.3 Å². The lowest BCUT2D eigenvalue weighted by atomic mass is 10.4. The maximum Gasteiger partial charge on any atom is 0.408 e. The predicted octanol–water partition coefficient (Wildman–Crippen LogP) is 2.13. The molecule has 0 aromatic rings. The summed E-state index contributed by atoms with van der Waals surface area (Å²) in [5.74, 6) is 1.76. The van der Waals surface area contributed by atoms with Crippen LogP contribution in [0.2, 0.25) is 11.1 Å². The molecule has 0 rings (SSSR count). The second kappa shape index (κ2) is 7.12. The first-order valence-corrected chi connectivity index (χ1v) is 7.81. The number of nitrogens with zero attached hydrogens (tertiary/aromatic N) is 2. The minimum atomic E-state index is -2.83. The quantitative estimate of drug-likeness (QED) is 0.243. The molecule has 0 N–H and O–H groups in total. The first-order valence-electron chi connectivity index (χ1n) is 5.84. The Bertz CT molecular complexity index is 373. The fraction of sp³-hybridized carbons (Fsp3) is 0.667. The number of carbonyl (C=O) groups is 1. The molecule has 1 unspecified atom stereocenters. The largest absolute Gasteiger partial charge is 0.485 e. The van der Waals surface area contributed by atoms with Crippen LogP contribution in [0, 0.1) is 12.3 Å². The van der Waals surface area contributed by atoms with Gasteiger partial charge in [0.1, 0.15) is 6.10 Å². The summed E-state index contributed by atoms with van der Waals surface area (Å²) in [5, 5.41) is 0. The van der Waals surface area contributed by atoms with E-state index in [9.17, 15) is 4.79 Å². The molecule has 1 atom stereocenters. The van der Waals surface area contributed by atoms with Gasteiger partial charge in [-0.3, -0.25) is 0 Å². The van der Waals surface area contributed by atoms with Crippen molar-refractivity contribution < 1.29 is 18.4 Å². The zero-order chi connectivity index (χ0) is 14.3. The van der Waals surface area contributed by atoms with Crippen LogP contribution in [-0.4, -0.2) is 31.6 Å². The van der Waals surface area contributed by atoms with Crippen LogP contribution in [-0.2, 0) is 13.6 Å². The molecule has 0 spiro atoms. The van der Waals surface area contributed by atoms with E-state index in [1.165, 1.54) is 0 Å². The molecule has 0 heterocycles. The molecule has 0 radical (unpaired) electrons. The van der Waals surface area contributed by atoms with Crippen molar-refractivity contribution in [2.45, 2.75) is 51.8 Å². The molecular weight excluding hydrogens is 248 g/mol. The Morgan fingerprint density at radius 2 is 1.83 bits per heavy atom. The van der Waals surface area contributed by atoms with Crippen LogP contribution in [0.15, 0.2) is 0 Å². The van der Waals surface area contributed by atoms with Crippen LogP contribution in [0.5, 0.6) is 0 Å². The Kier molecular flexibility index (Phi) is 6.56. The molecule has 0 amide bonds. The highest BCUT2D eigenvalue weighted by molar-refractivity contribution is 6.72. The molecule has 0 saturated heterocycles. The second-order valence-electron chi connectivity index (χ2n) is 4.62. The molecule has 18 heavy (non-hydrogen) atoms. The van der Waals surface area contributed by atoms with E-state index >= 15 is 0 Å². The van der Waals surface area contributed by atoms with Crippen LogP contribution >= 0.6 is 0 Å². The van der Waals surface area contributed by atoms with Crippen LogP contribution in [0.1, 0.15) is 34.6 Å². The molecule has 100 valence electrons. The third kappa shape index (κ3) is 4.11. The molecule has 0 saturated carbocycles. The van der Waals surface area contributed by atoms with Crippen molar-refractivity contribution in [1.82, 2.24) is 0 Å². The van der Waals surface area contributed by atoms with E-state index in [2.05, 4.69) is 10.7 Å². The van der Waals surface area contributed by atoms with E-state index in [4.69, 9.17) is 20.8 Å². The smallest absolute Gasteiger partial charge is 0.408 e. The third-order valence-corrected chi connectivity index (χ3v) is 7.09. The average Bonchev–Trinajstić information content (AvgIpc) is 2.27. The van der Waals surface area contributed by atoms with Gasteiger partial charge in [0.25, 0.3) is 0 Å². The van der Waals surface area contributed by atoms with Crippen LogP contribution in [0.25, 0.3) is 5.53 Å². The number of rotatable bonds is 6. The monoisotopic (exact) mass is 268 g/mol. The normalized spacial score (nSPS) is 12.8. The first-order chi connectivity index (χ1) is 8.30. The highest BCUT2D eigenvalue weighted by Gasteiger charge is 2.49. The van der Waals surface area contributed by atoms with Crippen molar-refractivity contribution in [1.29, 1.82) is 0 Å². The molecule has 6 heteroatoms. The van der Waals surface area contributed by atoms with Gasteiger partial charge in [-0.05, 0) is 6.92 Å². The second-order valence-corrected chi connectivity index (χ2v) is 8.82. The molecular formula is C12H20N2O3Si. The van der Waals surface area contributed by atoms with Crippen LogP contribution < -0.4 is 0 Å². The number of hydrogen-bond acceptors (Lipinski definition) is 3. The van der Waals surface area contributed by atoms with Gasteiger partial charge in [-0.25, -0.2) is 4.79 Å². The molecule has 0 bridgehead atoms. The standard InChI is InChI=1S/C12H20N2O3Si/c1-7-11(6)16-18(9(2)3,10(4)5)17-12(15)8-14-13/h1,8-11H,2-6H3. The lowest BCUT2D eigenvalue weighted by molar-refractivity contribution is -0.133. The van der Waals surface area contributed by atoms with E-state index in [0.29, 0.717) is 0 Å². The fourth-order valence-corrected chi connectivity index (χ4v) is 5.12. The van der Waals surface area contributed by atoms with Crippen LogP contribution in [0.4, 0.5) is 0 Å². The molecule has 5 nitrogen and oxygen atoms in total. The van der Waals surface area contributed by atoms with Crippen molar-refractivity contribution in [3.05, 3.63) is 5.53 Å². The summed E-state index contributed by atoms with van der Waals surface area (Å²) in [5.41, 5.74) is 8.41. The lowest BCUT2D eigenvalue weighted by Crippen LogP contribution is -2.51. The van der Waals surface area contributed by atoms with Gasteiger partial charge in [0.15, 0.2) is 0 Å². The van der Waals surface area contributed by atoms with Crippen molar-refractivity contribution >= 4 is 20.7 Å². The summed E-state index contributed by atoms with van der Waals surface area (Å²) in [7, 11) is -2.83.